The summed E-state index contributed by atoms with van der Waals surface area (Å²) in [5, 5.41) is 3.36. The molecule has 0 unspecified atom stereocenters. The molecule has 0 aromatic heterocycles. The van der Waals surface area contributed by atoms with Gasteiger partial charge in [-0.25, -0.2) is 0 Å². The van der Waals surface area contributed by atoms with Crippen LogP contribution < -0.4 is 14.8 Å². The van der Waals surface area contributed by atoms with Crippen LogP contribution in [0.25, 0.3) is 0 Å². The van der Waals surface area contributed by atoms with Crippen LogP contribution >= 0.6 is 0 Å². The minimum Gasteiger partial charge on any atom is -0.490 e. The molecule has 1 aromatic rings. The third-order valence-electron chi connectivity index (χ3n) is 2.87. The van der Waals surface area contributed by atoms with Crippen molar-refractivity contribution in [3.63, 3.8) is 0 Å². The second-order valence-corrected chi connectivity index (χ2v) is 4.93. The zero-order chi connectivity index (χ0) is 13.5. The van der Waals surface area contributed by atoms with Gasteiger partial charge in [0, 0.05) is 19.5 Å². The molecule has 0 bridgehead atoms. The number of benzene rings is 1. The molecule has 0 aliphatic carbocycles. The molecule has 1 heterocycles. The van der Waals surface area contributed by atoms with E-state index in [2.05, 4.69) is 17.4 Å². The molecule has 0 amide bonds. The molecule has 2 rings (SSSR count). The molecule has 4 heteroatoms. The Morgan fingerprint density at radius 3 is 2.79 bits per heavy atom. The van der Waals surface area contributed by atoms with E-state index < -0.39 is 0 Å². The summed E-state index contributed by atoms with van der Waals surface area (Å²) < 4.78 is 16.8. The summed E-state index contributed by atoms with van der Waals surface area (Å²) >= 11 is 0. The Labute approximate surface area is 115 Å². The Kier molecular flexibility index (Phi) is 5.48. The van der Waals surface area contributed by atoms with Gasteiger partial charge in [-0.15, -0.1) is 0 Å². The zero-order valence-electron chi connectivity index (χ0n) is 11.8. The zero-order valence-corrected chi connectivity index (χ0v) is 11.8. The van der Waals surface area contributed by atoms with Gasteiger partial charge in [-0.2, -0.15) is 0 Å². The first-order valence-electron chi connectivity index (χ1n) is 6.96. The molecule has 0 saturated heterocycles. The van der Waals surface area contributed by atoms with Crippen molar-refractivity contribution in [2.45, 2.75) is 32.9 Å². The van der Waals surface area contributed by atoms with Crippen molar-refractivity contribution >= 4 is 0 Å². The fourth-order valence-corrected chi connectivity index (χ4v) is 1.92. The van der Waals surface area contributed by atoms with Crippen LogP contribution in [0, 0.1) is 0 Å². The number of ether oxygens (including phenoxy) is 3. The Balaban J connectivity index is 1.79. The number of fused-ring (bicyclic) bond motifs is 1. The molecule has 106 valence electrons. The first-order chi connectivity index (χ1) is 9.25. The van der Waals surface area contributed by atoms with Crippen LogP contribution in [0.5, 0.6) is 11.5 Å². The van der Waals surface area contributed by atoms with Gasteiger partial charge in [0.05, 0.1) is 25.9 Å². The predicted octanol–water partition coefficient (Wildman–Crippen LogP) is 2.36. The van der Waals surface area contributed by atoms with Gasteiger partial charge in [0.1, 0.15) is 0 Å². The van der Waals surface area contributed by atoms with E-state index in [1.54, 1.807) is 0 Å². The maximum absolute atomic E-state index is 5.67. The number of nitrogens with one attached hydrogen (secondary N) is 1. The van der Waals surface area contributed by atoms with Crippen LogP contribution in [0.2, 0.25) is 0 Å². The van der Waals surface area contributed by atoms with Gasteiger partial charge >= 0.3 is 0 Å². The highest BCUT2D eigenvalue weighted by Crippen LogP contribution is 2.30. The average Bonchev–Trinajstić information content (AvgIpc) is 2.62. The van der Waals surface area contributed by atoms with E-state index in [4.69, 9.17) is 14.2 Å². The second-order valence-electron chi connectivity index (χ2n) is 4.93. The summed E-state index contributed by atoms with van der Waals surface area (Å²) in [6.07, 6.45) is 1.23. The topological polar surface area (TPSA) is 39.7 Å². The smallest absolute Gasteiger partial charge is 0.161 e. The molecule has 0 saturated carbocycles. The van der Waals surface area contributed by atoms with Gasteiger partial charge in [0.15, 0.2) is 11.5 Å². The fourth-order valence-electron chi connectivity index (χ4n) is 1.92. The van der Waals surface area contributed by atoms with Crippen molar-refractivity contribution in [2.24, 2.45) is 0 Å². The first kappa shape index (κ1) is 14.2. The Morgan fingerprint density at radius 2 is 2.00 bits per heavy atom. The summed E-state index contributed by atoms with van der Waals surface area (Å²) in [6.45, 7) is 7.96. The van der Waals surface area contributed by atoms with Crippen molar-refractivity contribution < 1.29 is 14.2 Å². The molecule has 1 aliphatic rings. The predicted molar refractivity (Wildman–Crippen MR) is 74.8 cm³/mol. The lowest BCUT2D eigenvalue weighted by molar-refractivity contribution is 0.0807. The van der Waals surface area contributed by atoms with Crippen LogP contribution in [0.15, 0.2) is 18.2 Å². The van der Waals surface area contributed by atoms with Crippen molar-refractivity contribution in [2.75, 3.05) is 26.4 Å². The summed E-state index contributed by atoms with van der Waals surface area (Å²) in [4.78, 5) is 0. The van der Waals surface area contributed by atoms with Crippen LogP contribution in [0.4, 0.5) is 0 Å². The maximum Gasteiger partial charge on any atom is 0.161 e. The van der Waals surface area contributed by atoms with Gasteiger partial charge in [-0.05, 0) is 31.5 Å². The van der Waals surface area contributed by atoms with Crippen LogP contribution in [0.1, 0.15) is 25.8 Å². The highest BCUT2D eigenvalue weighted by Gasteiger charge is 2.10. The molecule has 0 atom stereocenters. The molecule has 0 fully saturated rings. The van der Waals surface area contributed by atoms with Gasteiger partial charge in [0.2, 0.25) is 0 Å². The van der Waals surface area contributed by atoms with Crippen LogP contribution in [-0.2, 0) is 11.3 Å². The van der Waals surface area contributed by atoms with Crippen molar-refractivity contribution in [1.29, 1.82) is 0 Å². The molecule has 4 nitrogen and oxygen atoms in total. The van der Waals surface area contributed by atoms with E-state index in [0.717, 1.165) is 50.8 Å². The maximum atomic E-state index is 5.67. The summed E-state index contributed by atoms with van der Waals surface area (Å²) in [6, 6.07) is 6.11. The third-order valence-corrected chi connectivity index (χ3v) is 2.87. The molecule has 1 N–H and O–H groups in total. The van der Waals surface area contributed by atoms with Crippen LogP contribution in [0.3, 0.4) is 0 Å². The summed E-state index contributed by atoms with van der Waals surface area (Å²) in [7, 11) is 0. The monoisotopic (exact) mass is 265 g/mol. The lowest BCUT2D eigenvalue weighted by atomic mass is 10.2. The van der Waals surface area contributed by atoms with Crippen LogP contribution in [-0.4, -0.2) is 32.5 Å². The lowest BCUT2D eigenvalue weighted by Gasteiger charge is -2.11. The van der Waals surface area contributed by atoms with Gasteiger partial charge < -0.3 is 19.5 Å². The van der Waals surface area contributed by atoms with Gasteiger partial charge in [0.25, 0.3) is 0 Å². The normalized spacial score (nSPS) is 14.5. The van der Waals surface area contributed by atoms with E-state index in [0.29, 0.717) is 6.10 Å². The number of hydrogen-bond acceptors (Lipinski definition) is 4. The number of rotatable bonds is 6. The highest BCUT2D eigenvalue weighted by atomic mass is 16.5. The van der Waals surface area contributed by atoms with Crippen molar-refractivity contribution in [3.05, 3.63) is 23.8 Å². The van der Waals surface area contributed by atoms with Gasteiger partial charge in [-0.3, -0.25) is 0 Å². The second kappa shape index (κ2) is 7.36. The molecule has 1 aromatic carbocycles. The van der Waals surface area contributed by atoms with Crippen molar-refractivity contribution in [1.82, 2.24) is 5.32 Å². The average molecular weight is 265 g/mol. The molecule has 0 spiro atoms. The Bertz CT molecular complexity index is 393. The third kappa shape index (κ3) is 4.73. The first-order valence-corrected chi connectivity index (χ1v) is 6.96. The summed E-state index contributed by atoms with van der Waals surface area (Å²) in [5.41, 5.74) is 1.20. The Morgan fingerprint density at radius 1 is 1.21 bits per heavy atom. The minimum absolute atomic E-state index is 0.292. The molecular weight excluding hydrogens is 242 g/mol. The number of hydrogen-bond donors (Lipinski definition) is 1. The quantitative estimate of drug-likeness (QED) is 0.802. The van der Waals surface area contributed by atoms with E-state index in [9.17, 15) is 0 Å². The highest BCUT2D eigenvalue weighted by molar-refractivity contribution is 5.43. The van der Waals surface area contributed by atoms with Gasteiger partial charge in [-0.1, -0.05) is 6.07 Å². The van der Waals surface area contributed by atoms with E-state index in [1.807, 2.05) is 19.9 Å². The Hall–Kier alpha value is -1.26. The van der Waals surface area contributed by atoms with E-state index in [1.165, 1.54) is 5.56 Å². The largest absolute Gasteiger partial charge is 0.490 e. The molecular formula is C15H23NO3. The molecule has 1 aliphatic heterocycles. The standard InChI is InChI=1S/C15H23NO3/c1-12(2)17-9-6-16-11-13-4-5-14-15(10-13)19-8-3-7-18-14/h4-5,10,12,16H,3,6-9,11H2,1-2H3. The fraction of sp³-hybridized carbons (Fsp3) is 0.600. The molecule has 0 radical (unpaired) electrons. The SMILES string of the molecule is CC(C)OCCNCc1ccc2c(c1)OCCCO2. The van der Waals surface area contributed by atoms with E-state index >= 15 is 0 Å². The minimum atomic E-state index is 0.292. The van der Waals surface area contributed by atoms with Crippen molar-refractivity contribution in [3.8, 4) is 11.5 Å². The molecule has 19 heavy (non-hydrogen) atoms. The lowest BCUT2D eigenvalue weighted by Crippen LogP contribution is -2.20. The summed E-state index contributed by atoms with van der Waals surface area (Å²) in [5.74, 6) is 1.71. The van der Waals surface area contributed by atoms with E-state index in [-0.39, 0.29) is 0 Å².